The van der Waals surface area contributed by atoms with Gasteiger partial charge in [-0.3, -0.25) is 14.5 Å². The van der Waals surface area contributed by atoms with Gasteiger partial charge in [0.2, 0.25) is 0 Å². The summed E-state index contributed by atoms with van der Waals surface area (Å²) in [5.41, 5.74) is 8.27. The van der Waals surface area contributed by atoms with Crippen molar-refractivity contribution in [2.75, 3.05) is 37.7 Å². The normalized spacial score (nSPS) is 16.4. The van der Waals surface area contributed by atoms with E-state index in [1.807, 2.05) is 32.9 Å². The molecule has 224 valence electrons. The van der Waals surface area contributed by atoms with Gasteiger partial charge in [-0.25, -0.2) is 0 Å². The van der Waals surface area contributed by atoms with Crippen LogP contribution < -0.4 is 15.8 Å². The Morgan fingerprint density at radius 2 is 1.71 bits per heavy atom. The van der Waals surface area contributed by atoms with Crippen LogP contribution in [0.4, 0.5) is 5.69 Å². The monoisotopic (exact) mass is 570 g/mol. The number of aromatic nitrogens is 1. The first-order valence-electron chi connectivity index (χ1n) is 15.6. The van der Waals surface area contributed by atoms with Gasteiger partial charge >= 0.3 is 0 Å². The molecule has 2 aromatic carbocycles. The van der Waals surface area contributed by atoms with Crippen LogP contribution in [0.15, 0.2) is 47.3 Å². The number of H-pyrrole nitrogens is 1. The second-order valence-electron chi connectivity index (χ2n) is 12.0. The van der Waals surface area contributed by atoms with Gasteiger partial charge < -0.3 is 19.9 Å². The van der Waals surface area contributed by atoms with E-state index in [4.69, 9.17) is 4.74 Å². The summed E-state index contributed by atoms with van der Waals surface area (Å²) in [7, 11) is 0. The third-order valence-corrected chi connectivity index (χ3v) is 8.97. The molecule has 3 heterocycles. The molecule has 2 aliphatic heterocycles. The quantitative estimate of drug-likeness (QED) is 0.336. The van der Waals surface area contributed by atoms with Gasteiger partial charge in [0, 0.05) is 61.4 Å². The molecule has 1 aromatic heterocycles. The lowest BCUT2D eigenvalue weighted by Gasteiger charge is -2.37. The van der Waals surface area contributed by atoms with E-state index in [1.54, 1.807) is 0 Å². The lowest BCUT2D eigenvalue weighted by molar-refractivity contribution is 0.0846. The molecule has 7 nitrogen and oxygen atoms in total. The van der Waals surface area contributed by atoms with Gasteiger partial charge in [-0.15, -0.1) is 0 Å². The van der Waals surface area contributed by atoms with Crippen molar-refractivity contribution in [2.24, 2.45) is 0 Å². The predicted octanol–water partition coefficient (Wildman–Crippen LogP) is 5.89. The number of nitrogens with one attached hydrogen (secondary N) is 2. The molecule has 5 rings (SSSR count). The number of ether oxygens (including phenoxy) is 1. The molecular weight excluding hydrogens is 524 g/mol. The highest BCUT2D eigenvalue weighted by molar-refractivity contribution is 5.99. The molecule has 0 radical (unpaired) electrons. The van der Waals surface area contributed by atoms with Crippen molar-refractivity contribution < 1.29 is 9.53 Å². The van der Waals surface area contributed by atoms with Gasteiger partial charge in [0.05, 0.1) is 0 Å². The van der Waals surface area contributed by atoms with Crippen LogP contribution in [0.1, 0.15) is 77.3 Å². The number of aromatic amines is 1. The molecule has 0 atom stereocenters. The van der Waals surface area contributed by atoms with Crippen LogP contribution in [0, 0.1) is 20.8 Å². The number of aryl methyl sites for hydroxylation is 2. The highest BCUT2D eigenvalue weighted by atomic mass is 16.5. The second kappa shape index (κ2) is 13.7. The Morgan fingerprint density at radius 1 is 1.00 bits per heavy atom. The van der Waals surface area contributed by atoms with Crippen LogP contribution in [0.5, 0.6) is 0 Å². The third kappa shape index (κ3) is 6.96. The van der Waals surface area contributed by atoms with Gasteiger partial charge in [-0.2, -0.15) is 0 Å². The number of rotatable bonds is 9. The number of anilines is 1. The number of amides is 1. The Morgan fingerprint density at radius 3 is 2.38 bits per heavy atom. The molecule has 42 heavy (non-hydrogen) atoms. The number of benzene rings is 2. The van der Waals surface area contributed by atoms with Crippen molar-refractivity contribution in [3.05, 3.63) is 86.3 Å². The molecule has 0 saturated carbocycles. The minimum absolute atomic E-state index is 0.153. The fourth-order valence-electron chi connectivity index (χ4n) is 6.57. The van der Waals surface area contributed by atoms with E-state index in [0.29, 0.717) is 17.2 Å². The average Bonchev–Trinajstić information content (AvgIpc) is 2.99. The van der Waals surface area contributed by atoms with Crippen LogP contribution in [-0.4, -0.2) is 54.7 Å². The summed E-state index contributed by atoms with van der Waals surface area (Å²) < 4.78 is 5.66. The molecule has 3 aromatic rings. The molecule has 0 spiro atoms. The van der Waals surface area contributed by atoms with Gasteiger partial charge in [0.25, 0.3) is 11.5 Å². The zero-order valence-corrected chi connectivity index (χ0v) is 25.7. The third-order valence-electron chi connectivity index (χ3n) is 8.97. The van der Waals surface area contributed by atoms with Crippen LogP contribution in [0.25, 0.3) is 11.1 Å². The Balaban J connectivity index is 1.46. The zero-order valence-electron chi connectivity index (χ0n) is 25.7. The summed E-state index contributed by atoms with van der Waals surface area (Å²) in [5, 5.41) is 3.05. The number of carbonyl (C=O) groups is 1. The van der Waals surface area contributed by atoms with Crippen molar-refractivity contribution in [2.45, 2.75) is 78.9 Å². The smallest absolute Gasteiger partial charge is 0.253 e. The Bertz CT molecular complexity index is 1430. The first-order valence-corrected chi connectivity index (χ1v) is 15.6. The summed E-state index contributed by atoms with van der Waals surface area (Å²) in [6.45, 7) is 13.9. The minimum atomic E-state index is -0.167. The molecule has 2 fully saturated rings. The minimum Gasteiger partial charge on any atom is -0.381 e. The van der Waals surface area contributed by atoms with Gasteiger partial charge in [-0.05, 0) is 112 Å². The molecule has 0 bridgehead atoms. The molecule has 1 amide bonds. The van der Waals surface area contributed by atoms with E-state index in [-0.39, 0.29) is 18.0 Å². The van der Waals surface area contributed by atoms with Gasteiger partial charge in [-0.1, -0.05) is 30.7 Å². The summed E-state index contributed by atoms with van der Waals surface area (Å²) in [6.07, 6.45) is 5.85. The van der Waals surface area contributed by atoms with E-state index in [1.165, 1.54) is 37.9 Å². The highest BCUT2D eigenvalue weighted by Gasteiger charge is 2.25. The Hall–Kier alpha value is -3.42. The average molecular weight is 571 g/mol. The van der Waals surface area contributed by atoms with Crippen molar-refractivity contribution in [1.82, 2.24) is 15.2 Å². The molecular formula is C35H46N4O3. The molecule has 2 aliphatic rings. The highest BCUT2D eigenvalue weighted by Crippen LogP contribution is 2.34. The number of piperidine rings is 1. The first-order chi connectivity index (χ1) is 20.3. The number of pyridine rings is 1. The lowest BCUT2D eigenvalue weighted by atomic mass is 9.94. The first kappa shape index (κ1) is 30.1. The zero-order chi connectivity index (χ0) is 29.6. The van der Waals surface area contributed by atoms with E-state index in [2.05, 4.69) is 57.4 Å². The Labute approximate surface area is 250 Å². The summed E-state index contributed by atoms with van der Waals surface area (Å²) >= 11 is 0. The van der Waals surface area contributed by atoms with Gasteiger partial charge in [0.1, 0.15) is 0 Å². The molecule has 0 unspecified atom stereocenters. The van der Waals surface area contributed by atoms with Crippen molar-refractivity contribution in [3.63, 3.8) is 0 Å². The van der Waals surface area contributed by atoms with Gasteiger partial charge in [0.15, 0.2) is 0 Å². The summed E-state index contributed by atoms with van der Waals surface area (Å²) in [4.78, 5) is 34.2. The maximum absolute atomic E-state index is 13.8. The topological polar surface area (TPSA) is 77.7 Å². The van der Waals surface area contributed by atoms with E-state index < -0.39 is 0 Å². The standard InChI is InChI=1S/C35H46N4O3/c1-5-39(30-13-17-42-18-14-30)33-21-29(28-11-9-27(10-12-28)23-38-15-7-6-8-16-38)20-31(26(33)4)34(40)36-22-32-24(2)19-25(3)37-35(32)41/h9-12,19-21,30H,5-8,13-18,22-23H2,1-4H3,(H,36,40)(H,37,41). The fourth-order valence-corrected chi connectivity index (χ4v) is 6.57. The van der Waals surface area contributed by atoms with Crippen LogP contribution in [0.3, 0.4) is 0 Å². The molecule has 0 aliphatic carbocycles. The molecule has 2 saturated heterocycles. The predicted molar refractivity (Wildman–Crippen MR) is 170 cm³/mol. The van der Waals surface area contributed by atoms with E-state index in [0.717, 1.165) is 72.8 Å². The fraction of sp³-hybridized carbons (Fsp3) is 0.486. The van der Waals surface area contributed by atoms with Crippen molar-refractivity contribution in [1.29, 1.82) is 0 Å². The van der Waals surface area contributed by atoms with E-state index in [9.17, 15) is 9.59 Å². The van der Waals surface area contributed by atoms with E-state index >= 15 is 0 Å². The number of hydrogen-bond acceptors (Lipinski definition) is 5. The van der Waals surface area contributed by atoms with Crippen LogP contribution in [-0.2, 0) is 17.8 Å². The molecule has 7 heteroatoms. The van der Waals surface area contributed by atoms with Crippen molar-refractivity contribution >= 4 is 11.6 Å². The number of nitrogens with zero attached hydrogens (tertiary/aromatic N) is 2. The number of carbonyl (C=O) groups excluding carboxylic acids is 1. The SMILES string of the molecule is CCN(c1cc(-c2ccc(CN3CCCCC3)cc2)cc(C(=O)NCc2c(C)cc(C)[nH]c2=O)c1C)C1CCOCC1. The number of likely N-dealkylation sites (tertiary alicyclic amines) is 1. The second-order valence-corrected chi connectivity index (χ2v) is 12.0. The largest absolute Gasteiger partial charge is 0.381 e. The van der Waals surface area contributed by atoms with Crippen LogP contribution >= 0.6 is 0 Å². The summed E-state index contributed by atoms with van der Waals surface area (Å²) in [5.74, 6) is -0.167. The maximum Gasteiger partial charge on any atom is 0.253 e. The summed E-state index contributed by atoms with van der Waals surface area (Å²) in [6, 6.07) is 15.4. The number of hydrogen-bond donors (Lipinski definition) is 2. The Kier molecular flexibility index (Phi) is 9.80. The van der Waals surface area contributed by atoms with Crippen LogP contribution in [0.2, 0.25) is 0 Å². The lowest BCUT2D eigenvalue weighted by Crippen LogP contribution is -2.40. The molecule has 2 N–H and O–H groups in total. The maximum atomic E-state index is 13.8. The van der Waals surface area contributed by atoms with Crippen molar-refractivity contribution in [3.8, 4) is 11.1 Å².